The van der Waals surface area contributed by atoms with Crippen LogP contribution in [0.25, 0.3) is 0 Å². The van der Waals surface area contributed by atoms with Gasteiger partial charge in [0.2, 0.25) is 5.76 Å². The number of aliphatic hydroxyl groups is 1. The molecule has 0 atom stereocenters. The first-order valence-electron chi connectivity index (χ1n) is 6.13. The first kappa shape index (κ1) is 13.0. The summed E-state index contributed by atoms with van der Waals surface area (Å²) in [5.74, 6) is -0.271. The van der Waals surface area contributed by atoms with E-state index in [0.717, 1.165) is 19.3 Å². The van der Waals surface area contributed by atoms with E-state index < -0.39 is 17.4 Å². The van der Waals surface area contributed by atoms with Crippen molar-refractivity contribution in [2.24, 2.45) is 0 Å². The van der Waals surface area contributed by atoms with Crippen molar-refractivity contribution in [3.63, 3.8) is 0 Å². The van der Waals surface area contributed by atoms with E-state index in [4.69, 9.17) is 4.74 Å². The van der Waals surface area contributed by atoms with Crippen LogP contribution < -0.4 is 4.74 Å². The van der Waals surface area contributed by atoms with Gasteiger partial charge in [-0.3, -0.25) is 0 Å². The molecule has 2 nitrogen and oxygen atoms in total. The van der Waals surface area contributed by atoms with Crippen LogP contribution in [-0.2, 0) is 0 Å². The van der Waals surface area contributed by atoms with Crippen molar-refractivity contribution in [2.75, 3.05) is 0 Å². The third kappa shape index (κ3) is 2.88. The molecule has 0 saturated heterocycles. The molecule has 0 spiro atoms. The molecule has 1 fully saturated rings. The fourth-order valence-electron chi connectivity index (χ4n) is 2.28. The number of hydrogen-bond donors (Lipinski definition) is 1. The zero-order chi connectivity index (χ0) is 13.0. The third-order valence-corrected chi connectivity index (χ3v) is 3.24. The maximum atomic E-state index is 13.0. The lowest BCUT2D eigenvalue weighted by Gasteiger charge is -2.32. The van der Waals surface area contributed by atoms with Crippen molar-refractivity contribution in [2.45, 2.75) is 37.7 Å². The first-order chi connectivity index (χ1) is 8.62. The maximum absolute atomic E-state index is 13.0. The second kappa shape index (κ2) is 5.48. The van der Waals surface area contributed by atoms with Crippen LogP contribution in [0.3, 0.4) is 0 Å². The summed E-state index contributed by atoms with van der Waals surface area (Å²) < 4.78 is 31.2. The first-order valence-corrected chi connectivity index (χ1v) is 6.13. The Balaban J connectivity index is 2.22. The van der Waals surface area contributed by atoms with Gasteiger partial charge in [0.25, 0.3) is 0 Å². The Kier molecular flexibility index (Phi) is 3.97. The normalized spacial score (nSPS) is 18.2. The fourth-order valence-corrected chi connectivity index (χ4v) is 2.28. The van der Waals surface area contributed by atoms with E-state index in [-0.39, 0.29) is 0 Å². The van der Waals surface area contributed by atoms with Crippen LogP contribution in [0.2, 0.25) is 0 Å². The molecule has 0 amide bonds. The van der Waals surface area contributed by atoms with Gasteiger partial charge >= 0.3 is 6.08 Å². The number of halogens is 2. The van der Waals surface area contributed by atoms with Crippen LogP contribution in [0.5, 0.6) is 5.75 Å². The van der Waals surface area contributed by atoms with E-state index in [1.54, 1.807) is 30.3 Å². The summed E-state index contributed by atoms with van der Waals surface area (Å²) in [5.41, 5.74) is -1.52. The molecule has 4 heteroatoms. The molecule has 1 aliphatic rings. The summed E-state index contributed by atoms with van der Waals surface area (Å²) in [5, 5.41) is 10.3. The van der Waals surface area contributed by atoms with Crippen LogP contribution in [0, 0.1) is 0 Å². The molecule has 0 aliphatic heterocycles. The van der Waals surface area contributed by atoms with Crippen molar-refractivity contribution in [1.82, 2.24) is 0 Å². The van der Waals surface area contributed by atoms with E-state index in [2.05, 4.69) is 0 Å². The van der Waals surface area contributed by atoms with Crippen molar-refractivity contribution < 1.29 is 18.6 Å². The number of hydrogen-bond acceptors (Lipinski definition) is 2. The molecule has 0 aromatic heterocycles. The highest BCUT2D eigenvalue weighted by molar-refractivity contribution is 5.26. The van der Waals surface area contributed by atoms with Crippen LogP contribution >= 0.6 is 0 Å². The predicted octanol–water partition coefficient (Wildman–Crippen LogP) is 3.87. The molecule has 0 unspecified atom stereocenters. The SMILES string of the molecule is OC1(C(Oc2ccccc2)=C(F)F)CCCCC1. The Morgan fingerprint density at radius 1 is 1.06 bits per heavy atom. The highest BCUT2D eigenvalue weighted by Gasteiger charge is 2.38. The van der Waals surface area contributed by atoms with Gasteiger partial charge in [0.05, 0.1) is 0 Å². The predicted molar refractivity (Wildman–Crippen MR) is 64.3 cm³/mol. The maximum Gasteiger partial charge on any atom is 0.311 e. The number of rotatable bonds is 3. The highest BCUT2D eigenvalue weighted by atomic mass is 19.3. The van der Waals surface area contributed by atoms with Gasteiger partial charge in [-0.25, -0.2) is 0 Å². The fraction of sp³-hybridized carbons (Fsp3) is 0.429. The molecule has 0 heterocycles. The molecule has 1 N–H and O–H groups in total. The lowest BCUT2D eigenvalue weighted by atomic mass is 9.83. The second-order valence-corrected chi connectivity index (χ2v) is 4.60. The molecule has 0 radical (unpaired) electrons. The second-order valence-electron chi connectivity index (χ2n) is 4.60. The summed E-state index contributed by atoms with van der Waals surface area (Å²) in [7, 11) is 0. The minimum Gasteiger partial charge on any atom is -0.453 e. The molecule has 1 aromatic rings. The lowest BCUT2D eigenvalue weighted by molar-refractivity contribution is 0.000287. The molecule has 1 aromatic carbocycles. The topological polar surface area (TPSA) is 29.5 Å². The Labute approximate surface area is 105 Å². The molecule has 18 heavy (non-hydrogen) atoms. The third-order valence-electron chi connectivity index (χ3n) is 3.24. The molecule has 2 rings (SSSR count). The Hall–Kier alpha value is -1.42. The van der Waals surface area contributed by atoms with Gasteiger partial charge in [0.15, 0.2) is 0 Å². The molecule has 1 saturated carbocycles. The molecular formula is C14H16F2O2. The molecule has 98 valence electrons. The van der Waals surface area contributed by atoms with E-state index >= 15 is 0 Å². The summed E-state index contributed by atoms with van der Waals surface area (Å²) >= 11 is 0. The number of ether oxygens (including phenoxy) is 1. The molecule has 1 aliphatic carbocycles. The monoisotopic (exact) mass is 254 g/mol. The minimum atomic E-state index is -1.94. The van der Waals surface area contributed by atoms with Crippen LogP contribution in [0.15, 0.2) is 42.2 Å². The van der Waals surface area contributed by atoms with Gasteiger partial charge in [0, 0.05) is 0 Å². The smallest absolute Gasteiger partial charge is 0.311 e. The minimum absolute atomic E-state index is 0.319. The quantitative estimate of drug-likeness (QED) is 0.830. The number of benzene rings is 1. The molecule has 0 bridgehead atoms. The van der Waals surface area contributed by atoms with Crippen LogP contribution in [0.4, 0.5) is 8.78 Å². The standard InChI is InChI=1S/C14H16F2O2/c15-13(16)12(14(17)9-5-2-6-10-14)18-11-7-3-1-4-8-11/h1,3-4,7-8,17H,2,5-6,9-10H2. The summed E-state index contributed by atoms with van der Waals surface area (Å²) in [6.07, 6.45) is 1.16. The van der Waals surface area contributed by atoms with Gasteiger partial charge in [-0.1, -0.05) is 37.5 Å². The summed E-state index contributed by atoms with van der Waals surface area (Å²) in [6, 6.07) is 8.36. The van der Waals surface area contributed by atoms with Crippen LogP contribution in [-0.4, -0.2) is 10.7 Å². The average molecular weight is 254 g/mol. The zero-order valence-corrected chi connectivity index (χ0v) is 10.0. The van der Waals surface area contributed by atoms with E-state index in [1.165, 1.54) is 0 Å². The Bertz CT molecular complexity index is 419. The highest BCUT2D eigenvalue weighted by Crippen LogP contribution is 2.37. The summed E-state index contributed by atoms with van der Waals surface area (Å²) in [4.78, 5) is 0. The molecular weight excluding hydrogens is 238 g/mol. The van der Waals surface area contributed by atoms with Gasteiger partial charge in [-0.05, 0) is 25.0 Å². The largest absolute Gasteiger partial charge is 0.453 e. The zero-order valence-electron chi connectivity index (χ0n) is 10.0. The van der Waals surface area contributed by atoms with Crippen molar-refractivity contribution >= 4 is 0 Å². The average Bonchev–Trinajstić information content (AvgIpc) is 2.37. The van der Waals surface area contributed by atoms with Gasteiger partial charge in [-0.2, -0.15) is 8.78 Å². The Morgan fingerprint density at radius 3 is 2.22 bits per heavy atom. The van der Waals surface area contributed by atoms with E-state index in [0.29, 0.717) is 18.6 Å². The lowest BCUT2D eigenvalue weighted by Crippen LogP contribution is -2.36. The van der Waals surface area contributed by atoms with Gasteiger partial charge in [0.1, 0.15) is 11.4 Å². The van der Waals surface area contributed by atoms with Gasteiger partial charge < -0.3 is 9.84 Å². The van der Waals surface area contributed by atoms with Crippen molar-refractivity contribution in [3.8, 4) is 5.75 Å². The summed E-state index contributed by atoms with van der Waals surface area (Å²) in [6.45, 7) is 0. The van der Waals surface area contributed by atoms with Crippen molar-refractivity contribution in [3.05, 3.63) is 42.2 Å². The number of para-hydroxylation sites is 1. The van der Waals surface area contributed by atoms with Crippen LogP contribution in [0.1, 0.15) is 32.1 Å². The van der Waals surface area contributed by atoms with Gasteiger partial charge in [-0.15, -0.1) is 0 Å². The Morgan fingerprint density at radius 2 is 1.67 bits per heavy atom. The van der Waals surface area contributed by atoms with E-state index in [1.807, 2.05) is 0 Å². The van der Waals surface area contributed by atoms with Crippen molar-refractivity contribution in [1.29, 1.82) is 0 Å². The van der Waals surface area contributed by atoms with E-state index in [9.17, 15) is 13.9 Å².